The first-order valence-electron chi connectivity index (χ1n) is 5.62. The van der Waals surface area contributed by atoms with Crippen LogP contribution < -0.4 is 0 Å². The zero-order valence-corrected chi connectivity index (χ0v) is 12.0. The van der Waals surface area contributed by atoms with Gasteiger partial charge in [0.25, 0.3) is 0 Å². The fraction of sp³-hybridized carbons (Fsp3) is 0.727. The van der Waals surface area contributed by atoms with E-state index in [0.717, 1.165) is 0 Å². The highest BCUT2D eigenvalue weighted by atomic mass is 32.2. The molecule has 0 radical (unpaired) electrons. The van der Waals surface area contributed by atoms with Crippen LogP contribution in [0.2, 0.25) is 0 Å². The summed E-state index contributed by atoms with van der Waals surface area (Å²) in [7, 11) is -0.525. The van der Waals surface area contributed by atoms with Crippen molar-refractivity contribution in [3.63, 3.8) is 0 Å². The monoisotopic (exact) mass is 279 g/mol. The molecule has 0 rings (SSSR count). The van der Waals surface area contributed by atoms with Gasteiger partial charge in [0.2, 0.25) is 0 Å². The Balaban J connectivity index is 3.91. The van der Waals surface area contributed by atoms with Crippen molar-refractivity contribution in [2.45, 2.75) is 13.3 Å². The summed E-state index contributed by atoms with van der Waals surface area (Å²) in [5.74, 6) is -0.812. The first-order valence-corrected chi connectivity index (χ1v) is 7.19. The molecule has 0 aromatic carbocycles. The van der Waals surface area contributed by atoms with Crippen molar-refractivity contribution in [1.29, 1.82) is 0 Å². The van der Waals surface area contributed by atoms with Crippen LogP contribution in [0.25, 0.3) is 0 Å². The lowest BCUT2D eigenvalue weighted by molar-refractivity contribution is -0.888. The number of nitrogens with zero attached hydrogens (tertiary/aromatic N) is 1. The summed E-state index contributed by atoms with van der Waals surface area (Å²) >= 11 is 0. The average molecular weight is 279 g/mol. The number of quaternary nitrogens is 1. The lowest BCUT2D eigenvalue weighted by Crippen LogP contribution is -2.44. The predicted octanol–water partition coefficient (Wildman–Crippen LogP) is 0.117. The van der Waals surface area contributed by atoms with E-state index in [1.807, 2.05) is 14.1 Å². The molecule has 0 bridgehead atoms. The van der Waals surface area contributed by atoms with E-state index in [9.17, 15) is 17.8 Å². The van der Waals surface area contributed by atoms with Crippen LogP contribution in [0.15, 0.2) is 12.2 Å². The van der Waals surface area contributed by atoms with Crippen LogP contribution >= 0.6 is 0 Å². The minimum Gasteiger partial charge on any atom is -0.748 e. The topological polar surface area (TPSA) is 83.5 Å². The molecule has 0 fully saturated rings. The van der Waals surface area contributed by atoms with Gasteiger partial charge in [-0.3, -0.25) is 0 Å². The highest BCUT2D eigenvalue weighted by Crippen LogP contribution is 2.02. The van der Waals surface area contributed by atoms with Gasteiger partial charge < -0.3 is 13.8 Å². The molecule has 0 aromatic rings. The van der Waals surface area contributed by atoms with Crippen molar-refractivity contribution in [1.82, 2.24) is 0 Å². The Bertz CT molecular complexity index is 400. The molecule has 0 N–H and O–H groups in total. The number of carbonyl (C=O) groups excluding carboxylic acids is 1. The molecule has 0 heterocycles. The van der Waals surface area contributed by atoms with Crippen molar-refractivity contribution >= 4 is 16.1 Å². The SMILES string of the molecule is C=C(C)C(=O)OCCC[N+](C)(C)CCS(=O)(=O)[O-]. The van der Waals surface area contributed by atoms with E-state index >= 15 is 0 Å². The van der Waals surface area contributed by atoms with Crippen LogP contribution in [-0.4, -0.2) is 63.0 Å². The highest BCUT2D eigenvalue weighted by Gasteiger charge is 2.16. The molecular formula is C11H21NO5S. The molecule has 0 saturated heterocycles. The van der Waals surface area contributed by atoms with Crippen LogP contribution in [0.3, 0.4) is 0 Å². The average Bonchev–Trinajstić information content (AvgIpc) is 2.20. The first-order chi connectivity index (χ1) is 8.03. The largest absolute Gasteiger partial charge is 0.748 e. The number of esters is 1. The number of hydrogen-bond acceptors (Lipinski definition) is 5. The Morgan fingerprint density at radius 2 is 1.89 bits per heavy atom. The van der Waals surface area contributed by atoms with Crippen molar-refractivity contribution in [3.05, 3.63) is 12.2 Å². The standard InChI is InChI=1S/C11H21NO5S/c1-10(2)11(13)17-8-5-6-12(3,4)7-9-18(14,15)16/h1,5-9H2,2-4H3. The minimum absolute atomic E-state index is 0.250. The summed E-state index contributed by atoms with van der Waals surface area (Å²) in [6.45, 7) is 6.17. The third-order valence-electron chi connectivity index (χ3n) is 2.44. The molecule has 0 saturated carbocycles. The van der Waals surface area contributed by atoms with E-state index in [1.165, 1.54) is 0 Å². The second-order valence-corrected chi connectivity index (χ2v) is 6.44. The summed E-state index contributed by atoms with van der Waals surface area (Å²) in [6, 6.07) is 0. The highest BCUT2D eigenvalue weighted by molar-refractivity contribution is 7.85. The number of ether oxygens (including phenoxy) is 1. The van der Waals surface area contributed by atoms with Crippen LogP contribution in [0.4, 0.5) is 0 Å². The van der Waals surface area contributed by atoms with E-state index in [2.05, 4.69) is 6.58 Å². The molecule has 0 aliphatic heterocycles. The maximum Gasteiger partial charge on any atom is 0.333 e. The smallest absolute Gasteiger partial charge is 0.333 e. The van der Waals surface area contributed by atoms with Crippen molar-refractivity contribution in [3.8, 4) is 0 Å². The number of carbonyl (C=O) groups is 1. The van der Waals surface area contributed by atoms with Crippen LogP contribution in [0.1, 0.15) is 13.3 Å². The van der Waals surface area contributed by atoms with Crippen LogP contribution in [0.5, 0.6) is 0 Å². The molecule has 106 valence electrons. The van der Waals surface area contributed by atoms with Crippen molar-refractivity contribution in [2.75, 3.05) is 39.5 Å². The molecule has 0 aliphatic carbocycles. The summed E-state index contributed by atoms with van der Waals surface area (Å²) in [6.07, 6.45) is 0.602. The maximum absolute atomic E-state index is 11.1. The van der Waals surface area contributed by atoms with E-state index in [-0.39, 0.29) is 18.9 Å². The van der Waals surface area contributed by atoms with Crippen LogP contribution in [-0.2, 0) is 19.6 Å². The molecule has 0 atom stereocenters. The van der Waals surface area contributed by atoms with Crippen molar-refractivity contribution in [2.24, 2.45) is 0 Å². The summed E-state index contributed by atoms with van der Waals surface area (Å²) < 4.78 is 36.9. The second kappa shape index (κ2) is 6.86. The Hall–Kier alpha value is -0.920. The lowest BCUT2D eigenvalue weighted by Gasteiger charge is -2.30. The van der Waals surface area contributed by atoms with E-state index < -0.39 is 16.1 Å². The first kappa shape index (κ1) is 17.1. The molecule has 0 unspecified atom stereocenters. The van der Waals surface area contributed by atoms with Gasteiger partial charge >= 0.3 is 5.97 Å². The van der Waals surface area contributed by atoms with Gasteiger partial charge in [0.1, 0.15) is 10.1 Å². The zero-order chi connectivity index (χ0) is 14.4. The number of hydrogen-bond donors (Lipinski definition) is 0. The minimum atomic E-state index is -4.18. The van der Waals surface area contributed by atoms with Crippen molar-refractivity contribution < 1.29 is 27.0 Å². The molecular weight excluding hydrogens is 258 g/mol. The van der Waals surface area contributed by atoms with Crippen LogP contribution in [0, 0.1) is 0 Å². The normalized spacial score (nSPS) is 12.2. The Labute approximate surface area is 109 Å². The molecule has 0 aliphatic rings. The number of rotatable bonds is 8. The molecule has 18 heavy (non-hydrogen) atoms. The van der Waals surface area contributed by atoms with Gasteiger partial charge in [-0.25, -0.2) is 13.2 Å². The summed E-state index contributed by atoms with van der Waals surface area (Å²) in [5, 5.41) is 0. The molecule has 0 aromatic heterocycles. The quantitative estimate of drug-likeness (QED) is 0.207. The Morgan fingerprint density at radius 3 is 2.33 bits per heavy atom. The predicted molar refractivity (Wildman–Crippen MR) is 66.8 cm³/mol. The Kier molecular flexibility index (Phi) is 6.51. The molecule has 7 heteroatoms. The second-order valence-electron chi connectivity index (χ2n) is 4.91. The molecule has 0 spiro atoms. The maximum atomic E-state index is 11.1. The lowest BCUT2D eigenvalue weighted by atomic mass is 10.3. The van der Waals surface area contributed by atoms with Gasteiger partial charge in [-0.2, -0.15) is 0 Å². The van der Waals surface area contributed by atoms with E-state index in [1.54, 1.807) is 6.92 Å². The fourth-order valence-corrected chi connectivity index (χ4v) is 1.97. The zero-order valence-electron chi connectivity index (χ0n) is 11.1. The van der Waals surface area contributed by atoms with E-state index in [0.29, 0.717) is 23.0 Å². The van der Waals surface area contributed by atoms with Gasteiger partial charge in [-0.05, 0) is 6.92 Å². The molecule has 6 nitrogen and oxygen atoms in total. The van der Waals surface area contributed by atoms with Gasteiger partial charge in [0.05, 0.1) is 39.5 Å². The third-order valence-corrected chi connectivity index (χ3v) is 3.12. The van der Waals surface area contributed by atoms with Gasteiger partial charge in [0, 0.05) is 12.0 Å². The third kappa shape index (κ3) is 9.15. The van der Waals surface area contributed by atoms with Gasteiger partial charge in [0.15, 0.2) is 0 Å². The molecule has 0 amide bonds. The van der Waals surface area contributed by atoms with Gasteiger partial charge in [-0.15, -0.1) is 0 Å². The van der Waals surface area contributed by atoms with E-state index in [4.69, 9.17) is 4.74 Å². The summed E-state index contributed by atoms with van der Waals surface area (Å²) in [4.78, 5) is 11.1. The fourth-order valence-electron chi connectivity index (χ4n) is 1.25. The summed E-state index contributed by atoms with van der Waals surface area (Å²) in [5.41, 5.74) is 0.348. The Morgan fingerprint density at radius 1 is 1.33 bits per heavy atom. The van der Waals surface area contributed by atoms with Gasteiger partial charge in [-0.1, -0.05) is 6.58 Å².